The van der Waals surface area contributed by atoms with Crippen molar-refractivity contribution in [3.8, 4) is 0 Å². The van der Waals surface area contributed by atoms with Gasteiger partial charge in [0, 0.05) is 46.0 Å². The van der Waals surface area contributed by atoms with E-state index in [2.05, 4.69) is 156 Å². The highest BCUT2D eigenvalue weighted by Crippen LogP contribution is 2.38. The van der Waals surface area contributed by atoms with Crippen molar-refractivity contribution < 1.29 is 0 Å². The van der Waals surface area contributed by atoms with Crippen LogP contribution in [-0.4, -0.2) is 34.5 Å². The molecule has 0 saturated carbocycles. The molecule has 0 aromatic heterocycles. The van der Waals surface area contributed by atoms with Crippen molar-refractivity contribution in [2.45, 2.75) is 11.5 Å². The Labute approximate surface area is 276 Å². The molecule has 0 heterocycles. The summed E-state index contributed by atoms with van der Waals surface area (Å²) in [6.07, 6.45) is 0. The van der Waals surface area contributed by atoms with Crippen molar-refractivity contribution in [1.82, 2.24) is 0 Å². The lowest BCUT2D eigenvalue weighted by Gasteiger charge is -2.14. The van der Waals surface area contributed by atoms with Gasteiger partial charge in [-0.1, -0.05) is 109 Å². The van der Waals surface area contributed by atoms with Gasteiger partial charge in [-0.2, -0.15) is 47.0 Å². The molecule has 0 nitrogen and oxygen atoms in total. The second-order valence-corrected chi connectivity index (χ2v) is 16.2. The van der Waals surface area contributed by atoms with Gasteiger partial charge < -0.3 is 0 Å². The highest BCUT2D eigenvalue weighted by Gasteiger charge is 2.12. The average molecular weight is 643 g/mol. The molecule has 218 valence electrons. The topological polar surface area (TPSA) is 0 Å². The summed E-state index contributed by atoms with van der Waals surface area (Å²) in [5.41, 5.74) is 2.95. The smallest absolute Gasteiger partial charge is 0.0191 e. The summed E-state index contributed by atoms with van der Waals surface area (Å²) in [6.45, 7) is 0. The summed E-state index contributed by atoms with van der Waals surface area (Å²) in [6, 6.07) is 41.0. The van der Waals surface area contributed by atoms with Gasteiger partial charge in [-0.05, 0) is 75.8 Å². The standard InChI is InChI=1S/C40H34S4/c1-3-27-7-9-31-11-13-33(35-17-15-29(5-1)37(27)39(31)35)25-43-23-21-41-19-20-42-22-24-44-26-34-14-12-32-10-8-28-4-2-6-30-16-18-36(34)40(32)38(28)30/h1-18H,19-26H2. The van der Waals surface area contributed by atoms with E-state index in [4.69, 9.17) is 0 Å². The molecule has 0 bridgehead atoms. The lowest BCUT2D eigenvalue weighted by atomic mass is 9.92. The molecule has 44 heavy (non-hydrogen) atoms. The van der Waals surface area contributed by atoms with E-state index < -0.39 is 0 Å². The first-order valence-electron chi connectivity index (χ1n) is 15.5. The van der Waals surface area contributed by atoms with E-state index in [-0.39, 0.29) is 0 Å². The van der Waals surface area contributed by atoms with Crippen molar-refractivity contribution in [2.24, 2.45) is 0 Å². The van der Waals surface area contributed by atoms with Gasteiger partial charge in [-0.25, -0.2) is 0 Å². The largest absolute Gasteiger partial charge is 0.160 e. The summed E-state index contributed by atoms with van der Waals surface area (Å²) in [5, 5.41) is 16.7. The second kappa shape index (κ2) is 12.9. The minimum atomic E-state index is 1.09. The SMILES string of the molecule is c1cc2ccc3ccc(CSCCSCCSCCSCc4ccc5ccc6cccc7ccc4c5c67)c4ccc(c1)c2c34. The second-order valence-electron chi connectivity index (χ2n) is 11.5. The molecule has 0 aliphatic heterocycles. The molecule has 0 saturated heterocycles. The Kier molecular flexibility index (Phi) is 8.43. The van der Waals surface area contributed by atoms with Gasteiger partial charge in [0.15, 0.2) is 0 Å². The minimum absolute atomic E-state index is 1.09. The predicted octanol–water partition coefficient (Wildman–Crippen LogP) is 12.1. The van der Waals surface area contributed by atoms with Crippen LogP contribution in [0.15, 0.2) is 109 Å². The number of benzene rings is 8. The van der Waals surface area contributed by atoms with Gasteiger partial charge in [0.05, 0.1) is 0 Å². The lowest BCUT2D eigenvalue weighted by molar-refractivity contribution is 1.42. The molecule has 0 unspecified atom stereocenters. The minimum Gasteiger partial charge on any atom is -0.160 e. The summed E-state index contributed by atoms with van der Waals surface area (Å²) >= 11 is 8.39. The highest BCUT2D eigenvalue weighted by atomic mass is 32.2. The number of rotatable bonds is 13. The zero-order valence-electron chi connectivity index (χ0n) is 24.7. The third kappa shape index (κ3) is 5.49. The molecular weight excluding hydrogens is 609 g/mol. The van der Waals surface area contributed by atoms with E-state index in [0.29, 0.717) is 0 Å². The third-order valence-electron chi connectivity index (χ3n) is 8.87. The lowest BCUT2D eigenvalue weighted by Crippen LogP contribution is -1.94. The van der Waals surface area contributed by atoms with Crippen LogP contribution in [0.1, 0.15) is 11.1 Å². The molecule has 4 heteroatoms. The number of hydrogen-bond acceptors (Lipinski definition) is 4. The Morgan fingerprint density at radius 2 is 0.614 bits per heavy atom. The van der Waals surface area contributed by atoms with Crippen LogP contribution in [0.25, 0.3) is 64.6 Å². The quantitative estimate of drug-likeness (QED) is 0.0906. The fourth-order valence-corrected chi connectivity index (χ4v) is 11.2. The Morgan fingerprint density at radius 1 is 0.295 bits per heavy atom. The maximum Gasteiger partial charge on any atom is 0.0191 e. The Hall–Kier alpha value is -2.76. The Morgan fingerprint density at radius 3 is 1.02 bits per heavy atom. The van der Waals surface area contributed by atoms with Crippen molar-refractivity contribution in [1.29, 1.82) is 0 Å². The molecule has 0 atom stereocenters. The normalized spacial score (nSPS) is 12.3. The summed E-state index contributed by atoms with van der Waals surface area (Å²) < 4.78 is 0. The van der Waals surface area contributed by atoms with Crippen LogP contribution in [0.5, 0.6) is 0 Å². The van der Waals surface area contributed by atoms with Crippen molar-refractivity contribution >= 4 is 112 Å². The van der Waals surface area contributed by atoms with Gasteiger partial charge in [0.1, 0.15) is 0 Å². The first-order valence-corrected chi connectivity index (χ1v) is 20.1. The third-order valence-corrected chi connectivity index (χ3v) is 13.6. The number of hydrogen-bond donors (Lipinski definition) is 0. The van der Waals surface area contributed by atoms with Gasteiger partial charge in [-0.3, -0.25) is 0 Å². The van der Waals surface area contributed by atoms with E-state index in [0.717, 1.165) is 11.5 Å². The molecule has 0 spiro atoms. The zero-order chi connectivity index (χ0) is 29.3. The average Bonchev–Trinajstić information content (AvgIpc) is 3.07. The predicted molar refractivity (Wildman–Crippen MR) is 207 cm³/mol. The first kappa shape index (κ1) is 28.7. The molecule has 8 rings (SSSR count). The summed E-state index contributed by atoms with van der Waals surface area (Å²) in [4.78, 5) is 0. The van der Waals surface area contributed by atoms with Gasteiger partial charge >= 0.3 is 0 Å². The van der Waals surface area contributed by atoms with E-state index in [9.17, 15) is 0 Å². The van der Waals surface area contributed by atoms with Crippen LogP contribution in [0.4, 0.5) is 0 Å². The maximum absolute atomic E-state index is 2.35. The van der Waals surface area contributed by atoms with Crippen LogP contribution in [0.2, 0.25) is 0 Å². The van der Waals surface area contributed by atoms with Crippen LogP contribution in [-0.2, 0) is 11.5 Å². The fraction of sp³-hybridized carbons (Fsp3) is 0.200. The van der Waals surface area contributed by atoms with Crippen LogP contribution in [0.3, 0.4) is 0 Å². The molecule has 8 aromatic carbocycles. The van der Waals surface area contributed by atoms with E-state index in [1.165, 1.54) is 110 Å². The van der Waals surface area contributed by atoms with Crippen LogP contribution in [0, 0.1) is 0 Å². The Balaban J connectivity index is 0.760. The van der Waals surface area contributed by atoms with Crippen LogP contribution >= 0.6 is 47.0 Å². The zero-order valence-corrected chi connectivity index (χ0v) is 27.9. The van der Waals surface area contributed by atoms with E-state index >= 15 is 0 Å². The summed E-state index contributed by atoms with van der Waals surface area (Å²) in [5.74, 6) is 9.59. The Bertz CT molecular complexity index is 2010. The maximum atomic E-state index is 2.35. The van der Waals surface area contributed by atoms with E-state index in [1.807, 2.05) is 0 Å². The fourth-order valence-electron chi connectivity index (χ4n) is 6.77. The van der Waals surface area contributed by atoms with E-state index in [1.54, 1.807) is 0 Å². The molecule has 0 amide bonds. The van der Waals surface area contributed by atoms with Crippen molar-refractivity contribution in [2.75, 3.05) is 34.5 Å². The van der Waals surface area contributed by atoms with Gasteiger partial charge in [-0.15, -0.1) is 0 Å². The number of thioether (sulfide) groups is 4. The molecular formula is C40H34S4. The summed E-state index contributed by atoms with van der Waals surface area (Å²) in [7, 11) is 0. The highest BCUT2D eigenvalue weighted by molar-refractivity contribution is 8.05. The molecule has 0 radical (unpaired) electrons. The molecule has 0 N–H and O–H groups in total. The molecule has 0 aliphatic rings. The van der Waals surface area contributed by atoms with Gasteiger partial charge in [0.2, 0.25) is 0 Å². The van der Waals surface area contributed by atoms with Crippen LogP contribution < -0.4 is 0 Å². The molecule has 0 fully saturated rings. The van der Waals surface area contributed by atoms with Crippen molar-refractivity contribution in [3.05, 3.63) is 120 Å². The van der Waals surface area contributed by atoms with Gasteiger partial charge in [0.25, 0.3) is 0 Å². The molecule has 8 aromatic rings. The first-order chi connectivity index (χ1) is 21.8. The molecule has 0 aliphatic carbocycles. The van der Waals surface area contributed by atoms with Crippen molar-refractivity contribution in [3.63, 3.8) is 0 Å². The monoisotopic (exact) mass is 642 g/mol.